The fraction of sp³-hybridized carbons (Fsp3) is 0.207. The number of aromatic nitrogens is 13. The quantitative estimate of drug-likeness (QED) is 0.0268. The van der Waals surface area contributed by atoms with Crippen LogP contribution in [0.3, 0.4) is 0 Å². The van der Waals surface area contributed by atoms with Crippen molar-refractivity contribution in [1.29, 1.82) is 0 Å². The number of fused-ring (bicyclic) bond motifs is 5. The van der Waals surface area contributed by atoms with Crippen molar-refractivity contribution in [3.63, 3.8) is 0 Å². The molecule has 1 atom stereocenters. The van der Waals surface area contributed by atoms with E-state index in [1.165, 1.54) is 71.5 Å². The van der Waals surface area contributed by atoms with Gasteiger partial charge in [-0.15, -0.1) is 12.4 Å². The molecule has 1 fully saturated rings. The van der Waals surface area contributed by atoms with E-state index in [9.17, 15) is 9.90 Å². The van der Waals surface area contributed by atoms with Crippen molar-refractivity contribution in [2.45, 2.75) is 70.6 Å². The highest BCUT2D eigenvalue weighted by Crippen LogP contribution is 2.42. The van der Waals surface area contributed by atoms with Gasteiger partial charge in [-0.2, -0.15) is 0 Å². The van der Waals surface area contributed by atoms with Crippen LogP contribution in [0, 0.1) is 5.92 Å². The fourth-order valence-corrected chi connectivity index (χ4v) is 13.8. The predicted octanol–water partition coefficient (Wildman–Crippen LogP) is 16.3. The van der Waals surface area contributed by atoms with Crippen molar-refractivity contribution in [2.24, 2.45) is 20.9 Å². The van der Waals surface area contributed by atoms with Gasteiger partial charge in [0, 0.05) is 74.6 Å². The highest BCUT2D eigenvalue weighted by Gasteiger charge is 2.27. The number of nitrogen functional groups attached to an aromatic ring is 1. The second-order valence-electron chi connectivity index (χ2n) is 28.0. The van der Waals surface area contributed by atoms with E-state index in [0.29, 0.717) is 107 Å². The van der Waals surface area contributed by atoms with E-state index < -0.39 is 5.97 Å². The van der Waals surface area contributed by atoms with Crippen molar-refractivity contribution in [1.82, 2.24) is 64.8 Å². The number of benzene rings is 5. The van der Waals surface area contributed by atoms with Gasteiger partial charge in [0.1, 0.15) is 130 Å². The van der Waals surface area contributed by atoms with Gasteiger partial charge in [0.15, 0.2) is 0 Å². The zero-order chi connectivity index (χ0) is 83.6. The molecule has 1 unspecified atom stereocenters. The Labute approximate surface area is 713 Å². The van der Waals surface area contributed by atoms with Gasteiger partial charge in [0.25, 0.3) is 0 Å². The molecule has 0 spiro atoms. The molecule has 12 aromatic rings. The Hall–Kier alpha value is -15.0. The van der Waals surface area contributed by atoms with E-state index in [4.69, 9.17) is 41.0 Å². The Morgan fingerprint density at radius 3 is 1.33 bits per heavy atom. The molecule has 5 aromatic carbocycles. The molecule has 4 aliphatic carbocycles. The number of carboxylic acid groups (broad SMARTS) is 1. The van der Waals surface area contributed by atoms with Crippen LogP contribution in [0.4, 0.5) is 98.3 Å². The topological polar surface area (TPSA) is 422 Å². The molecule has 1 saturated carbocycles. The molecule has 12 N–H and O–H groups in total. The van der Waals surface area contributed by atoms with E-state index in [1.807, 2.05) is 86.4 Å². The van der Waals surface area contributed by atoms with Crippen LogP contribution >= 0.6 is 24.0 Å². The van der Waals surface area contributed by atoms with Gasteiger partial charge >= 0.3 is 5.97 Å². The summed E-state index contributed by atoms with van der Waals surface area (Å²) < 4.78 is 27.4. The number of rotatable bonds is 24. The summed E-state index contributed by atoms with van der Waals surface area (Å²) in [5.74, 6) is 10.3. The van der Waals surface area contributed by atoms with Gasteiger partial charge in [-0.3, -0.25) is 24.8 Å². The summed E-state index contributed by atoms with van der Waals surface area (Å²) in [5.41, 5.74) is 23.6. The first-order valence-electron chi connectivity index (χ1n) is 38.6. The Morgan fingerprint density at radius 2 is 0.885 bits per heavy atom. The van der Waals surface area contributed by atoms with Gasteiger partial charge < -0.3 is 82.4 Å². The van der Waals surface area contributed by atoms with Crippen LogP contribution in [0.5, 0.6) is 28.7 Å². The highest BCUT2D eigenvalue weighted by molar-refractivity contribution is 6.33. The number of anilines is 17. The number of hydrogen-bond donors (Lipinski definition) is 11. The molecule has 33 nitrogen and oxygen atoms in total. The molecule has 0 radical (unpaired) electrons. The molecule has 0 bridgehead atoms. The lowest BCUT2D eigenvalue weighted by molar-refractivity contribution is -0.141. The smallest absolute Gasteiger partial charge is 0.306 e. The molecule has 10 heterocycles. The number of carbonyl (C=O) groups is 1. The van der Waals surface area contributed by atoms with Crippen molar-refractivity contribution in [3.05, 3.63) is 238 Å². The van der Waals surface area contributed by atoms with E-state index in [2.05, 4.69) is 170 Å². The lowest BCUT2D eigenvalue weighted by atomic mass is 9.87. The first-order valence-corrected chi connectivity index (χ1v) is 39.0. The summed E-state index contributed by atoms with van der Waals surface area (Å²) in [5, 5.41) is 38.7. The summed E-state index contributed by atoms with van der Waals surface area (Å²) in [4.78, 5) is 78.7. The van der Waals surface area contributed by atoms with Crippen LogP contribution in [0.15, 0.2) is 187 Å². The third-order valence-corrected chi connectivity index (χ3v) is 20.3. The second kappa shape index (κ2) is 39.5. The molecular formula is C87H86Cl2N26O7. The molecule has 0 saturated heterocycles. The third kappa shape index (κ3) is 20.9. The Morgan fingerprint density at radius 1 is 0.451 bits per heavy atom. The zero-order valence-electron chi connectivity index (χ0n) is 67.2. The summed E-state index contributed by atoms with van der Waals surface area (Å²) in [6.45, 7) is 2.08. The number of pyridine rings is 1. The number of nitrogens with one attached hydrogen (secondary N) is 9. The van der Waals surface area contributed by atoms with Crippen molar-refractivity contribution >= 4 is 165 Å². The van der Waals surface area contributed by atoms with Crippen LogP contribution in [0.1, 0.15) is 93.3 Å². The molecule has 620 valence electrons. The number of nitrogens with zero attached hydrogens (tertiary/aromatic N) is 16. The standard InChI is InChI=1S/C20H21N5O3.C19H16ClN5O.C18H16N6O.C16H17N5O.C14H15N5O.ClH/c1-28-16-7-14-9-22-8-13(14)6-15(16)25-19-17(18(21)23-10-24-19)11-2-4-12(5-3-11)20(26)27;1-26-16-9-13-5-2-4-12(13)8-15(16)24-17-10-18(23-11-22-17)25-19-14(20)6-3-7-21-19;1-25-15-8-13-4-2-3-12(13)7-14(15)23-16-9-17(22-11-21-16)24-18-10-19-5-6-20-18;1-22-14-5-11-8-17-7-10(11)4-13(14)21-16-6-15(18-9-19-16)20-12-2-3-12;1-15-13-5-14(18-8-17-13)19-11-3-9-6-16-7-10(9)4-12(11)20-2;/h2,6-8,10,12H,3-5,9H2,1H3,(H,26,27)(H3,21,23,24,25);2-4,6-11H,5H2,1H3,(H2,21,22,23,24,25);2-3,5-11H,4H2,1H3,(H2,20,21,22,23,24);4-7,9,12H,2-3,8H2,1H3,(H2,18,19,20,21);3-6,8H,7H2,1-2H3,(H2,15,17,18,19);1H. The lowest BCUT2D eigenvalue weighted by Crippen LogP contribution is -2.16. The number of ether oxygens (including phenoxy) is 5. The van der Waals surface area contributed by atoms with Crippen molar-refractivity contribution in [3.8, 4) is 28.7 Å². The van der Waals surface area contributed by atoms with Crippen LogP contribution < -0.4 is 77.3 Å². The maximum Gasteiger partial charge on any atom is 0.306 e. The minimum atomic E-state index is -0.768. The molecule has 7 aliphatic rings. The predicted molar refractivity (Wildman–Crippen MR) is 480 cm³/mol. The highest BCUT2D eigenvalue weighted by atomic mass is 35.5. The van der Waals surface area contributed by atoms with Crippen LogP contribution in [0.2, 0.25) is 5.02 Å². The van der Waals surface area contributed by atoms with E-state index in [1.54, 1.807) is 90.9 Å². The van der Waals surface area contributed by atoms with Crippen LogP contribution in [-0.2, 0) is 37.3 Å². The lowest BCUT2D eigenvalue weighted by Gasteiger charge is -2.21. The monoisotopic (exact) mass is 1680 g/mol. The number of aliphatic imine (C=N–C) groups is 3. The Bertz CT molecular complexity index is 6000. The number of allylic oxidation sites excluding steroid dienone is 4. The van der Waals surface area contributed by atoms with Gasteiger partial charge in [0.05, 0.1) is 106 Å². The molecule has 3 aliphatic heterocycles. The number of carboxylic acids is 1. The second-order valence-corrected chi connectivity index (χ2v) is 28.4. The Balaban J connectivity index is 0.000000125. The van der Waals surface area contributed by atoms with Gasteiger partial charge in [0.2, 0.25) is 0 Å². The zero-order valence-corrected chi connectivity index (χ0v) is 68.8. The number of aliphatic carboxylic acids is 1. The van der Waals surface area contributed by atoms with Crippen LogP contribution in [0.25, 0.3) is 17.7 Å². The van der Waals surface area contributed by atoms with E-state index in [0.717, 1.165) is 116 Å². The van der Waals surface area contributed by atoms with Gasteiger partial charge in [-0.05, 0) is 179 Å². The third-order valence-electron chi connectivity index (χ3n) is 20.0. The molecule has 35 heteroatoms. The minimum Gasteiger partial charge on any atom is -0.495 e. The normalized spacial score (nSPS) is 13.8. The average molecular weight is 1680 g/mol. The van der Waals surface area contributed by atoms with Gasteiger partial charge in [-0.25, -0.2) is 59.8 Å². The maximum atomic E-state index is 11.2. The summed E-state index contributed by atoms with van der Waals surface area (Å²) >= 11 is 6.13. The first kappa shape index (κ1) is 83.5. The maximum absolute atomic E-state index is 11.2. The number of hydrogen-bond acceptors (Lipinski definition) is 32. The van der Waals surface area contributed by atoms with Crippen LogP contribution in [-0.4, -0.2) is 143 Å². The Kier molecular flexibility index (Phi) is 27.0. The van der Waals surface area contributed by atoms with Gasteiger partial charge in [-0.1, -0.05) is 42.0 Å². The molecule has 19 rings (SSSR count). The summed E-state index contributed by atoms with van der Waals surface area (Å²) in [7, 11) is 10.1. The van der Waals surface area contributed by atoms with Crippen molar-refractivity contribution in [2.75, 3.05) is 96.2 Å². The number of methoxy groups -OCH3 is 5. The van der Waals surface area contributed by atoms with E-state index in [-0.39, 0.29) is 18.3 Å². The minimum absolute atomic E-state index is 0. The first-order chi connectivity index (χ1) is 59.2. The SMILES string of the molecule is CNc1cc(Nc2cc3c(cc2OC)CN=C3)ncn1.COc1cc2c(cc1Nc1cc(NC3CC3)ncn1)C=NC2.COc1cc2c(cc1Nc1cc(Nc3cnccn3)ncn1)C=CC2.COc1cc2c(cc1Nc1cc(Nc3ncccc3Cl)ncn1)C=CC2.COc1cc2c(cc1Nc1ncnc(N)c1C1=CCC(C(=O)O)CC1)C=NC2.Cl. The molecule has 122 heavy (non-hydrogen) atoms. The van der Waals surface area contributed by atoms with E-state index >= 15 is 0 Å². The molecule has 7 aromatic heterocycles. The van der Waals surface area contributed by atoms with Crippen molar-refractivity contribution < 1.29 is 33.6 Å². The number of nitrogens with two attached hydrogens (primary N) is 1. The average Bonchev–Trinajstić information content (AvgIpc) is 0.902. The summed E-state index contributed by atoms with van der Waals surface area (Å²) in [6, 6.07) is 31.7. The molecular weight excluding hydrogens is 1590 g/mol. The summed E-state index contributed by atoms with van der Waals surface area (Å²) in [6.07, 6.45) is 35.9. The fourth-order valence-electron chi connectivity index (χ4n) is 13.7. The largest absolute Gasteiger partial charge is 0.495 e. The number of halogens is 2. The molecule has 0 amide bonds.